The third-order valence-corrected chi connectivity index (χ3v) is 3.35. The van der Waals surface area contributed by atoms with Gasteiger partial charge < -0.3 is 19.4 Å². The van der Waals surface area contributed by atoms with E-state index < -0.39 is 0 Å². The number of aromatic nitrogens is 2. The zero-order chi connectivity index (χ0) is 13.2. The lowest BCUT2D eigenvalue weighted by molar-refractivity contribution is 0.0608. The molecule has 2 unspecified atom stereocenters. The number of para-hydroxylation sites is 2. The minimum atomic E-state index is -0.0963. The number of hydrogen-bond acceptors (Lipinski definition) is 4. The molecule has 1 N–H and O–H groups in total. The van der Waals surface area contributed by atoms with E-state index in [-0.39, 0.29) is 12.1 Å². The van der Waals surface area contributed by atoms with Crippen LogP contribution in [0.4, 0.5) is 0 Å². The summed E-state index contributed by atoms with van der Waals surface area (Å²) in [5.74, 6) is 2.53. The van der Waals surface area contributed by atoms with Gasteiger partial charge in [-0.1, -0.05) is 12.1 Å². The minimum Gasteiger partial charge on any atom is -0.486 e. The quantitative estimate of drug-likeness (QED) is 0.908. The fraction of sp³-hybridized carbons (Fsp3) is 0.357. The van der Waals surface area contributed by atoms with Crippen molar-refractivity contribution in [1.82, 2.24) is 14.9 Å². The van der Waals surface area contributed by atoms with Crippen molar-refractivity contribution in [2.45, 2.75) is 12.1 Å². The highest BCUT2D eigenvalue weighted by molar-refractivity contribution is 5.41. The summed E-state index contributed by atoms with van der Waals surface area (Å²) in [6.07, 6.45) is 3.62. The normalized spacial score (nSPS) is 19.2. The van der Waals surface area contributed by atoms with Crippen LogP contribution < -0.4 is 14.8 Å². The molecule has 5 nitrogen and oxygen atoms in total. The lowest BCUT2D eigenvalue weighted by Crippen LogP contribution is -2.41. The second-order valence-electron chi connectivity index (χ2n) is 4.58. The molecule has 3 rings (SSSR count). The van der Waals surface area contributed by atoms with Crippen molar-refractivity contribution in [3.05, 3.63) is 42.5 Å². The Morgan fingerprint density at radius 1 is 1.37 bits per heavy atom. The van der Waals surface area contributed by atoms with Crippen LogP contribution in [0.5, 0.6) is 11.5 Å². The maximum atomic E-state index is 6.02. The van der Waals surface area contributed by atoms with E-state index in [1.165, 1.54) is 0 Å². The maximum absolute atomic E-state index is 6.02. The molecule has 5 heteroatoms. The Hall–Kier alpha value is -2.01. The molecule has 1 aliphatic heterocycles. The summed E-state index contributed by atoms with van der Waals surface area (Å²) >= 11 is 0. The first-order chi connectivity index (χ1) is 9.29. The van der Waals surface area contributed by atoms with Crippen molar-refractivity contribution in [3.8, 4) is 11.5 Å². The van der Waals surface area contributed by atoms with Gasteiger partial charge in [-0.3, -0.25) is 0 Å². The Labute approximate surface area is 112 Å². The van der Waals surface area contributed by atoms with Crippen LogP contribution >= 0.6 is 0 Å². The van der Waals surface area contributed by atoms with Gasteiger partial charge in [0.1, 0.15) is 18.5 Å². The summed E-state index contributed by atoms with van der Waals surface area (Å²) in [6, 6.07) is 7.72. The first-order valence-electron chi connectivity index (χ1n) is 6.32. The van der Waals surface area contributed by atoms with E-state index >= 15 is 0 Å². The SMILES string of the molecule is CNC(c1nccn1C)C1COc2ccccc2O1. The highest BCUT2D eigenvalue weighted by Gasteiger charge is 2.31. The van der Waals surface area contributed by atoms with E-state index in [9.17, 15) is 0 Å². The van der Waals surface area contributed by atoms with Crippen LogP contribution in [0.15, 0.2) is 36.7 Å². The molecule has 0 aliphatic carbocycles. The molecular weight excluding hydrogens is 242 g/mol. The molecule has 2 atom stereocenters. The van der Waals surface area contributed by atoms with Crippen LogP contribution in [-0.4, -0.2) is 29.3 Å². The average Bonchev–Trinajstić information content (AvgIpc) is 2.86. The lowest BCUT2D eigenvalue weighted by Gasteiger charge is -2.31. The van der Waals surface area contributed by atoms with Crippen LogP contribution in [0.1, 0.15) is 11.9 Å². The topological polar surface area (TPSA) is 48.3 Å². The van der Waals surface area contributed by atoms with E-state index in [0.29, 0.717) is 6.61 Å². The largest absolute Gasteiger partial charge is 0.486 e. The molecule has 0 spiro atoms. The number of likely N-dealkylation sites (N-methyl/N-ethyl adjacent to an activating group) is 1. The van der Waals surface area contributed by atoms with Crippen LogP contribution in [-0.2, 0) is 7.05 Å². The number of fused-ring (bicyclic) bond motifs is 1. The van der Waals surface area contributed by atoms with Crippen molar-refractivity contribution in [2.24, 2.45) is 7.05 Å². The first-order valence-corrected chi connectivity index (χ1v) is 6.32. The van der Waals surface area contributed by atoms with Gasteiger partial charge in [0.05, 0.1) is 0 Å². The van der Waals surface area contributed by atoms with Gasteiger partial charge in [-0.05, 0) is 19.2 Å². The lowest BCUT2D eigenvalue weighted by atomic mass is 10.1. The molecule has 0 bridgehead atoms. The molecule has 2 aromatic rings. The number of aryl methyl sites for hydroxylation is 1. The summed E-state index contributed by atoms with van der Waals surface area (Å²) in [7, 11) is 3.88. The Balaban J connectivity index is 1.85. The molecule has 1 aliphatic rings. The minimum absolute atomic E-state index is 0.00615. The van der Waals surface area contributed by atoms with Gasteiger partial charge in [-0.15, -0.1) is 0 Å². The molecule has 0 saturated carbocycles. The summed E-state index contributed by atoms with van der Waals surface area (Å²) in [5, 5.41) is 3.26. The molecular formula is C14H17N3O2. The fourth-order valence-corrected chi connectivity index (χ4v) is 2.36. The molecule has 1 aromatic carbocycles. The van der Waals surface area contributed by atoms with Crippen LogP contribution in [0.2, 0.25) is 0 Å². The molecule has 100 valence electrons. The van der Waals surface area contributed by atoms with Gasteiger partial charge in [-0.2, -0.15) is 0 Å². The third-order valence-electron chi connectivity index (χ3n) is 3.35. The van der Waals surface area contributed by atoms with Crippen molar-refractivity contribution < 1.29 is 9.47 Å². The predicted octanol–water partition coefficient (Wildman–Crippen LogP) is 1.52. The molecule has 0 saturated heterocycles. The number of hydrogen-bond donors (Lipinski definition) is 1. The van der Waals surface area contributed by atoms with E-state index in [1.54, 1.807) is 6.20 Å². The summed E-state index contributed by atoms with van der Waals surface area (Å²) in [4.78, 5) is 4.38. The Bertz CT molecular complexity index is 567. The zero-order valence-corrected chi connectivity index (χ0v) is 11.0. The summed E-state index contributed by atoms with van der Waals surface area (Å²) in [6.45, 7) is 0.509. The zero-order valence-electron chi connectivity index (χ0n) is 11.0. The smallest absolute Gasteiger partial charge is 0.161 e. The van der Waals surface area contributed by atoms with E-state index in [2.05, 4.69) is 10.3 Å². The van der Waals surface area contributed by atoms with Crippen molar-refractivity contribution in [1.29, 1.82) is 0 Å². The van der Waals surface area contributed by atoms with Crippen molar-refractivity contribution in [3.63, 3.8) is 0 Å². The number of ether oxygens (including phenoxy) is 2. The maximum Gasteiger partial charge on any atom is 0.161 e. The van der Waals surface area contributed by atoms with Crippen molar-refractivity contribution in [2.75, 3.05) is 13.7 Å². The second-order valence-corrected chi connectivity index (χ2v) is 4.58. The Morgan fingerprint density at radius 2 is 2.16 bits per heavy atom. The van der Waals surface area contributed by atoms with Gasteiger partial charge in [-0.25, -0.2) is 4.98 Å². The summed E-state index contributed by atoms with van der Waals surface area (Å²) in [5.41, 5.74) is 0. The Kier molecular flexibility index (Phi) is 3.13. The van der Waals surface area contributed by atoms with Gasteiger partial charge >= 0.3 is 0 Å². The number of imidazole rings is 1. The van der Waals surface area contributed by atoms with Gasteiger partial charge in [0, 0.05) is 19.4 Å². The van der Waals surface area contributed by atoms with Gasteiger partial charge in [0.25, 0.3) is 0 Å². The highest BCUT2D eigenvalue weighted by atomic mass is 16.6. The van der Waals surface area contributed by atoms with E-state index in [4.69, 9.17) is 9.47 Å². The van der Waals surface area contributed by atoms with Crippen molar-refractivity contribution >= 4 is 0 Å². The predicted molar refractivity (Wildman–Crippen MR) is 71.4 cm³/mol. The molecule has 19 heavy (non-hydrogen) atoms. The highest BCUT2D eigenvalue weighted by Crippen LogP contribution is 2.33. The monoisotopic (exact) mass is 259 g/mol. The van der Waals surface area contributed by atoms with Gasteiger partial charge in [0.15, 0.2) is 17.6 Å². The second kappa shape index (κ2) is 4.93. The third kappa shape index (κ3) is 2.17. The van der Waals surface area contributed by atoms with Crippen LogP contribution in [0.25, 0.3) is 0 Å². The van der Waals surface area contributed by atoms with Gasteiger partial charge in [0.2, 0.25) is 0 Å². The average molecular weight is 259 g/mol. The molecule has 0 fully saturated rings. The molecule has 0 amide bonds. The Morgan fingerprint density at radius 3 is 2.84 bits per heavy atom. The molecule has 1 aromatic heterocycles. The number of nitrogens with zero attached hydrogens (tertiary/aromatic N) is 2. The van der Waals surface area contributed by atoms with Crippen LogP contribution in [0.3, 0.4) is 0 Å². The van der Waals surface area contributed by atoms with E-state index in [0.717, 1.165) is 17.3 Å². The molecule has 2 heterocycles. The number of benzene rings is 1. The first kappa shape index (κ1) is 12.0. The van der Waals surface area contributed by atoms with Crippen LogP contribution in [0, 0.1) is 0 Å². The number of nitrogens with one attached hydrogen (secondary N) is 1. The molecule has 0 radical (unpaired) electrons. The number of rotatable bonds is 3. The summed E-state index contributed by atoms with van der Waals surface area (Å²) < 4.78 is 13.8. The fourth-order valence-electron chi connectivity index (χ4n) is 2.36. The standard InChI is InChI=1S/C14H17N3O2/c1-15-13(14-16-7-8-17(14)2)12-9-18-10-5-3-4-6-11(10)19-12/h3-8,12-13,15H,9H2,1-2H3. The van der Waals surface area contributed by atoms with E-state index in [1.807, 2.05) is 49.1 Å².